The Morgan fingerprint density at radius 2 is 1.51 bits per heavy atom. The number of rotatable bonds is 10. The number of benzene rings is 3. The normalized spacial score (nSPS) is 12.2. The lowest BCUT2D eigenvalue weighted by Gasteiger charge is -2.32. The molecular formula is C29H35N3O4S. The fraction of sp³-hybridized carbons (Fsp3) is 0.310. The fourth-order valence-corrected chi connectivity index (χ4v) is 5.57. The first-order valence-electron chi connectivity index (χ1n) is 12.3. The molecule has 0 aliphatic heterocycles. The van der Waals surface area contributed by atoms with Crippen LogP contribution in [0, 0.1) is 13.8 Å². The number of nitrogens with zero attached hydrogens (tertiary/aromatic N) is 2. The molecule has 0 aliphatic carbocycles. The molecular weight excluding hydrogens is 486 g/mol. The summed E-state index contributed by atoms with van der Waals surface area (Å²) in [6, 6.07) is 21.9. The topological polar surface area (TPSA) is 86.8 Å². The van der Waals surface area contributed by atoms with Gasteiger partial charge in [-0.05, 0) is 63.9 Å². The summed E-state index contributed by atoms with van der Waals surface area (Å²) in [4.78, 5) is 28.4. The van der Waals surface area contributed by atoms with E-state index in [1.54, 1.807) is 50.2 Å². The molecule has 0 heterocycles. The van der Waals surface area contributed by atoms with Crippen LogP contribution in [0.25, 0.3) is 0 Å². The van der Waals surface area contributed by atoms with Crippen molar-refractivity contribution in [2.75, 3.05) is 10.8 Å². The van der Waals surface area contributed by atoms with Gasteiger partial charge in [-0.15, -0.1) is 0 Å². The lowest BCUT2D eigenvalue weighted by atomic mass is 10.1. The zero-order chi connectivity index (χ0) is 27.2. The fourth-order valence-electron chi connectivity index (χ4n) is 4.07. The molecule has 1 N–H and O–H groups in total. The summed E-state index contributed by atoms with van der Waals surface area (Å²) in [7, 11) is -4.06. The Morgan fingerprint density at radius 1 is 0.865 bits per heavy atom. The minimum atomic E-state index is -4.06. The van der Waals surface area contributed by atoms with Gasteiger partial charge in [-0.1, -0.05) is 66.2 Å². The van der Waals surface area contributed by atoms with E-state index in [-0.39, 0.29) is 23.4 Å². The highest BCUT2D eigenvalue weighted by atomic mass is 32.2. The SMILES string of the molecule is Cc1cccc(CN(C(=O)CN(c2ccccc2C)S(=O)(=O)c2ccccc2)C(C)C(=O)NC(C)C)c1. The number of hydrogen-bond donors (Lipinski definition) is 1. The largest absolute Gasteiger partial charge is 0.352 e. The van der Waals surface area contributed by atoms with Gasteiger partial charge in [0.2, 0.25) is 11.8 Å². The Kier molecular flexibility index (Phi) is 9.10. The maximum atomic E-state index is 13.9. The second kappa shape index (κ2) is 12.1. The first kappa shape index (κ1) is 27.9. The molecule has 2 amide bonds. The molecule has 37 heavy (non-hydrogen) atoms. The zero-order valence-corrected chi connectivity index (χ0v) is 22.8. The lowest BCUT2D eigenvalue weighted by Crippen LogP contribution is -2.52. The van der Waals surface area contributed by atoms with Crippen molar-refractivity contribution in [1.82, 2.24) is 10.2 Å². The van der Waals surface area contributed by atoms with Crippen LogP contribution in [0.5, 0.6) is 0 Å². The molecule has 8 heteroatoms. The molecule has 1 unspecified atom stereocenters. The molecule has 0 aromatic heterocycles. The van der Waals surface area contributed by atoms with Crippen LogP contribution in [-0.2, 0) is 26.2 Å². The number of para-hydroxylation sites is 1. The minimum Gasteiger partial charge on any atom is -0.352 e. The molecule has 0 saturated carbocycles. The smallest absolute Gasteiger partial charge is 0.264 e. The molecule has 0 bridgehead atoms. The van der Waals surface area contributed by atoms with Crippen molar-refractivity contribution in [2.24, 2.45) is 0 Å². The third-order valence-electron chi connectivity index (χ3n) is 6.03. The quantitative estimate of drug-likeness (QED) is 0.427. The Labute approximate surface area is 220 Å². The van der Waals surface area contributed by atoms with Crippen LogP contribution in [0.15, 0.2) is 83.8 Å². The standard InChI is InChI=1S/C29H35N3O4S/c1-21(2)30-29(34)24(5)31(19-25-14-11-12-22(3)18-25)28(33)20-32(27-17-10-9-13-23(27)4)37(35,36)26-15-7-6-8-16-26/h6-18,21,24H,19-20H2,1-5H3,(H,30,34). The van der Waals surface area contributed by atoms with Crippen LogP contribution in [0.3, 0.4) is 0 Å². The van der Waals surface area contributed by atoms with Crippen LogP contribution >= 0.6 is 0 Å². The van der Waals surface area contributed by atoms with E-state index in [9.17, 15) is 18.0 Å². The summed E-state index contributed by atoms with van der Waals surface area (Å²) >= 11 is 0. The predicted octanol–water partition coefficient (Wildman–Crippen LogP) is 4.44. The van der Waals surface area contributed by atoms with Gasteiger partial charge in [0.05, 0.1) is 10.6 Å². The van der Waals surface area contributed by atoms with E-state index < -0.39 is 28.5 Å². The van der Waals surface area contributed by atoms with Crippen LogP contribution in [0.1, 0.15) is 37.5 Å². The van der Waals surface area contributed by atoms with E-state index >= 15 is 0 Å². The Balaban J connectivity index is 2.03. The van der Waals surface area contributed by atoms with E-state index in [1.165, 1.54) is 17.0 Å². The number of hydrogen-bond acceptors (Lipinski definition) is 4. The second-order valence-electron chi connectivity index (χ2n) is 9.46. The van der Waals surface area contributed by atoms with Crippen LogP contribution in [-0.4, -0.2) is 43.8 Å². The molecule has 3 rings (SSSR count). The molecule has 0 saturated heterocycles. The number of aryl methyl sites for hydroxylation is 2. The first-order chi connectivity index (χ1) is 17.5. The van der Waals surface area contributed by atoms with Gasteiger partial charge in [0.25, 0.3) is 10.0 Å². The first-order valence-corrected chi connectivity index (χ1v) is 13.7. The predicted molar refractivity (Wildman–Crippen MR) is 147 cm³/mol. The molecule has 3 aromatic rings. The Morgan fingerprint density at radius 3 is 2.14 bits per heavy atom. The molecule has 0 spiro atoms. The summed E-state index contributed by atoms with van der Waals surface area (Å²) in [5.41, 5.74) is 3.00. The minimum absolute atomic E-state index is 0.0851. The van der Waals surface area contributed by atoms with Gasteiger partial charge in [-0.3, -0.25) is 13.9 Å². The van der Waals surface area contributed by atoms with Gasteiger partial charge in [0.15, 0.2) is 0 Å². The van der Waals surface area contributed by atoms with Crippen molar-refractivity contribution < 1.29 is 18.0 Å². The molecule has 0 fully saturated rings. The summed E-state index contributed by atoms with van der Waals surface area (Å²) in [5.74, 6) is -0.778. The second-order valence-corrected chi connectivity index (χ2v) is 11.3. The summed E-state index contributed by atoms with van der Waals surface area (Å²) in [6.07, 6.45) is 0. The van der Waals surface area contributed by atoms with E-state index in [4.69, 9.17) is 0 Å². The maximum absolute atomic E-state index is 13.9. The van der Waals surface area contributed by atoms with Gasteiger partial charge in [0.1, 0.15) is 12.6 Å². The molecule has 3 aromatic carbocycles. The number of amides is 2. The average molecular weight is 522 g/mol. The molecule has 0 radical (unpaired) electrons. The van der Waals surface area contributed by atoms with Gasteiger partial charge >= 0.3 is 0 Å². The number of anilines is 1. The Bertz CT molecular complexity index is 1340. The van der Waals surface area contributed by atoms with E-state index in [0.29, 0.717) is 11.3 Å². The summed E-state index contributed by atoms with van der Waals surface area (Å²) in [5, 5.41) is 2.86. The average Bonchev–Trinajstić information content (AvgIpc) is 2.86. The van der Waals surface area contributed by atoms with Crippen molar-refractivity contribution in [1.29, 1.82) is 0 Å². The van der Waals surface area contributed by atoms with Crippen molar-refractivity contribution >= 4 is 27.5 Å². The number of nitrogens with one attached hydrogen (secondary N) is 1. The molecule has 196 valence electrons. The van der Waals surface area contributed by atoms with Crippen molar-refractivity contribution in [3.8, 4) is 0 Å². The zero-order valence-electron chi connectivity index (χ0n) is 22.0. The number of sulfonamides is 1. The Hall–Kier alpha value is -3.65. The van der Waals surface area contributed by atoms with Crippen molar-refractivity contribution in [2.45, 2.75) is 58.1 Å². The third-order valence-corrected chi connectivity index (χ3v) is 7.80. The monoisotopic (exact) mass is 521 g/mol. The third kappa shape index (κ3) is 6.98. The summed E-state index contributed by atoms with van der Waals surface area (Å²) in [6.45, 7) is 8.84. The van der Waals surface area contributed by atoms with Crippen molar-refractivity contribution in [3.05, 3.63) is 95.6 Å². The lowest BCUT2D eigenvalue weighted by molar-refractivity contribution is -0.139. The van der Waals surface area contributed by atoms with Crippen LogP contribution in [0.2, 0.25) is 0 Å². The highest BCUT2D eigenvalue weighted by Gasteiger charge is 2.33. The van der Waals surface area contributed by atoms with Gasteiger partial charge in [-0.2, -0.15) is 0 Å². The number of carbonyl (C=O) groups is 2. The van der Waals surface area contributed by atoms with Crippen LogP contribution < -0.4 is 9.62 Å². The number of carbonyl (C=O) groups excluding carboxylic acids is 2. The summed E-state index contributed by atoms with van der Waals surface area (Å²) < 4.78 is 28.7. The highest BCUT2D eigenvalue weighted by Crippen LogP contribution is 2.27. The van der Waals surface area contributed by atoms with Gasteiger partial charge in [-0.25, -0.2) is 8.42 Å². The van der Waals surface area contributed by atoms with E-state index in [1.807, 2.05) is 51.1 Å². The molecule has 7 nitrogen and oxygen atoms in total. The van der Waals surface area contributed by atoms with Gasteiger partial charge in [0, 0.05) is 12.6 Å². The van der Waals surface area contributed by atoms with Gasteiger partial charge < -0.3 is 10.2 Å². The maximum Gasteiger partial charge on any atom is 0.264 e. The molecule has 1 atom stereocenters. The van der Waals surface area contributed by atoms with Crippen molar-refractivity contribution in [3.63, 3.8) is 0 Å². The molecule has 0 aliphatic rings. The highest BCUT2D eigenvalue weighted by molar-refractivity contribution is 7.92. The van der Waals surface area contributed by atoms with E-state index in [2.05, 4.69) is 5.32 Å². The van der Waals surface area contributed by atoms with Crippen LogP contribution in [0.4, 0.5) is 5.69 Å². The van der Waals surface area contributed by atoms with E-state index in [0.717, 1.165) is 15.4 Å².